The van der Waals surface area contributed by atoms with Gasteiger partial charge in [-0.15, -0.1) is 0 Å². The van der Waals surface area contributed by atoms with Crippen LogP contribution < -0.4 is 11.1 Å². The number of halogens is 3. The molecule has 1 aromatic rings. The lowest BCUT2D eigenvalue weighted by Gasteiger charge is -2.21. The molecule has 1 atom stereocenters. The van der Waals surface area contributed by atoms with Crippen LogP contribution in [-0.2, 0) is 22.3 Å². The van der Waals surface area contributed by atoms with Crippen molar-refractivity contribution in [2.24, 2.45) is 11.7 Å². The van der Waals surface area contributed by atoms with Crippen molar-refractivity contribution < 1.29 is 22.7 Å². The SMILES string of the molecule is NCc1ccc(NC(=O)C2CCCOC2)cc1C(F)(F)F. The summed E-state index contributed by atoms with van der Waals surface area (Å²) in [5.74, 6) is -0.634. The number of anilines is 1. The smallest absolute Gasteiger partial charge is 0.381 e. The summed E-state index contributed by atoms with van der Waals surface area (Å²) in [6.45, 7) is 0.714. The minimum Gasteiger partial charge on any atom is -0.381 e. The predicted octanol–water partition coefficient (Wildman–Crippen LogP) is 2.53. The number of carbonyl (C=O) groups excluding carboxylic acids is 1. The highest BCUT2D eigenvalue weighted by molar-refractivity contribution is 5.92. The van der Waals surface area contributed by atoms with Gasteiger partial charge >= 0.3 is 6.18 Å². The number of amides is 1. The third kappa shape index (κ3) is 3.95. The lowest BCUT2D eigenvalue weighted by Crippen LogP contribution is -2.30. The van der Waals surface area contributed by atoms with E-state index in [0.717, 1.165) is 12.5 Å². The maximum atomic E-state index is 12.9. The van der Waals surface area contributed by atoms with Crippen LogP contribution in [0.1, 0.15) is 24.0 Å². The van der Waals surface area contributed by atoms with E-state index in [0.29, 0.717) is 19.6 Å². The molecule has 3 N–H and O–H groups in total. The quantitative estimate of drug-likeness (QED) is 0.902. The van der Waals surface area contributed by atoms with Crippen LogP contribution >= 0.6 is 0 Å². The third-order valence-electron chi connectivity index (χ3n) is 3.43. The highest BCUT2D eigenvalue weighted by Crippen LogP contribution is 2.33. The topological polar surface area (TPSA) is 64.3 Å². The van der Waals surface area contributed by atoms with E-state index in [-0.39, 0.29) is 29.6 Å². The van der Waals surface area contributed by atoms with Crippen LogP contribution in [0.15, 0.2) is 18.2 Å². The van der Waals surface area contributed by atoms with Gasteiger partial charge in [-0.05, 0) is 30.5 Å². The summed E-state index contributed by atoms with van der Waals surface area (Å²) < 4.78 is 44.0. The van der Waals surface area contributed by atoms with Gasteiger partial charge in [0.15, 0.2) is 0 Å². The summed E-state index contributed by atoms with van der Waals surface area (Å²) in [4.78, 5) is 12.0. The summed E-state index contributed by atoms with van der Waals surface area (Å²) in [5.41, 5.74) is 4.62. The number of nitrogens with two attached hydrogens (primary N) is 1. The zero-order valence-electron chi connectivity index (χ0n) is 11.4. The summed E-state index contributed by atoms with van der Waals surface area (Å²) in [6, 6.07) is 3.64. The van der Waals surface area contributed by atoms with Crippen molar-refractivity contribution in [2.75, 3.05) is 18.5 Å². The molecule has 0 radical (unpaired) electrons. The van der Waals surface area contributed by atoms with Gasteiger partial charge in [0, 0.05) is 18.8 Å². The second-order valence-corrected chi connectivity index (χ2v) is 4.98. The summed E-state index contributed by atoms with van der Waals surface area (Å²) in [6.07, 6.45) is -3.04. The summed E-state index contributed by atoms with van der Waals surface area (Å²) in [7, 11) is 0. The molecule has 1 amide bonds. The van der Waals surface area contributed by atoms with Gasteiger partial charge in [0.25, 0.3) is 0 Å². The summed E-state index contributed by atoms with van der Waals surface area (Å²) in [5, 5.41) is 2.52. The van der Waals surface area contributed by atoms with E-state index in [9.17, 15) is 18.0 Å². The first-order valence-electron chi connectivity index (χ1n) is 6.70. The Hall–Kier alpha value is -1.60. The van der Waals surface area contributed by atoms with E-state index in [2.05, 4.69) is 5.32 Å². The molecule has 1 aliphatic heterocycles. The van der Waals surface area contributed by atoms with Crippen LogP contribution in [0.4, 0.5) is 18.9 Å². The van der Waals surface area contributed by atoms with Gasteiger partial charge in [-0.25, -0.2) is 0 Å². The fraction of sp³-hybridized carbons (Fsp3) is 0.500. The first-order chi connectivity index (χ1) is 9.91. The second-order valence-electron chi connectivity index (χ2n) is 4.98. The normalized spacial score (nSPS) is 19.3. The number of carbonyl (C=O) groups is 1. The minimum atomic E-state index is -4.50. The lowest BCUT2D eigenvalue weighted by molar-refractivity contribution is -0.138. The summed E-state index contributed by atoms with van der Waals surface area (Å²) >= 11 is 0. The van der Waals surface area contributed by atoms with E-state index in [1.165, 1.54) is 12.1 Å². The van der Waals surface area contributed by atoms with Gasteiger partial charge < -0.3 is 15.8 Å². The number of ether oxygens (including phenoxy) is 1. The molecule has 0 aromatic heterocycles. The predicted molar refractivity (Wildman–Crippen MR) is 71.5 cm³/mol. The van der Waals surface area contributed by atoms with Crippen molar-refractivity contribution in [3.8, 4) is 0 Å². The number of benzene rings is 1. The van der Waals surface area contributed by atoms with E-state index in [1.54, 1.807) is 0 Å². The Labute approximate surface area is 120 Å². The van der Waals surface area contributed by atoms with Gasteiger partial charge in [-0.1, -0.05) is 6.07 Å². The highest BCUT2D eigenvalue weighted by Gasteiger charge is 2.33. The van der Waals surface area contributed by atoms with Gasteiger partial charge in [-0.3, -0.25) is 4.79 Å². The second kappa shape index (κ2) is 6.44. The minimum absolute atomic E-state index is 0.00139. The van der Waals surface area contributed by atoms with Gasteiger partial charge in [0.1, 0.15) is 0 Å². The van der Waals surface area contributed by atoms with Crippen molar-refractivity contribution in [1.82, 2.24) is 0 Å². The first-order valence-corrected chi connectivity index (χ1v) is 6.70. The molecule has 116 valence electrons. The molecule has 0 saturated carbocycles. The Morgan fingerprint density at radius 1 is 1.43 bits per heavy atom. The van der Waals surface area contributed by atoms with E-state index < -0.39 is 11.7 Å². The number of hydrogen-bond donors (Lipinski definition) is 2. The average molecular weight is 302 g/mol. The third-order valence-corrected chi connectivity index (χ3v) is 3.43. The van der Waals surface area contributed by atoms with E-state index in [1.807, 2.05) is 0 Å². The fourth-order valence-electron chi connectivity index (χ4n) is 2.29. The monoisotopic (exact) mass is 302 g/mol. The molecular weight excluding hydrogens is 285 g/mol. The molecule has 0 spiro atoms. The number of nitrogens with one attached hydrogen (secondary N) is 1. The maximum absolute atomic E-state index is 12.9. The molecule has 21 heavy (non-hydrogen) atoms. The van der Waals surface area contributed by atoms with Crippen molar-refractivity contribution in [2.45, 2.75) is 25.6 Å². The lowest BCUT2D eigenvalue weighted by atomic mass is 10.0. The van der Waals surface area contributed by atoms with E-state index in [4.69, 9.17) is 10.5 Å². The van der Waals surface area contributed by atoms with Gasteiger partial charge in [0.2, 0.25) is 5.91 Å². The molecule has 1 saturated heterocycles. The van der Waals surface area contributed by atoms with Crippen molar-refractivity contribution >= 4 is 11.6 Å². The molecule has 2 rings (SSSR count). The molecule has 4 nitrogen and oxygen atoms in total. The molecular formula is C14H17F3N2O2. The Bertz CT molecular complexity index is 511. The van der Waals surface area contributed by atoms with Crippen LogP contribution in [0.25, 0.3) is 0 Å². The van der Waals surface area contributed by atoms with Gasteiger partial charge in [-0.2, -0.15) is 13.2 Å². The molecule has 7 heteroatoms. The Morgan fingerprint density at radius 2 is 2.19 bits per heavy atom. The van der Waals surface area contributed by atoms with Crippen LogP contribution in [0.5, 0.6) is 0 Å². The zero-order valence-corrected chi connectivity index (χ0v) is 11.4. The fourth-order valence-corrected chi connectivity index (χ4v) is 2.29. The van der Waals surface area contributed by atoms with Crippen LogP contribution in [0, 0.1) is 5.92 Å². The number of rotatable bonds is 3. The largest absolute Gasteiger partial charge is 0.416 e. The van der Waals surface area contributed by atoms with Crippen molar-refractivity contribution in [1.29, 1.82) is 0 Å². The van der Waals surface area contributed by atoms with Crippen molar-refractivity contribution in [3.05, 3.63) is 29.3 Å². The van der Waals surface area contributed by atoms with E-state index >= 15 is 0 Å². The Kier molecular flexibility index (Phi) is 4.84. The standard InChI is InChI=1S/C14H17F3N2O2/c15-14(16,17)12-6-11(4-3-9(12)7-18)19-13(20)10-2-1-5-21-8-10/h3-4,6,10H,1-2,5,7-8,18H2,(H,19,20). The molecule has 1 aromatic carbocycles. The maximum Gasteiger partial charge on any atom is 0.416 e. The first kappa shape index (κ1) is 15.8. The highest BCUT2D eigenvalue weighted by atomic mass is 19.4. The Balaban J connectivity index is 2.15. The van der Waals surface area contributed by atoms with Gasteiger partial charge in [0.05, 0.1) is 18.1 Å². The molecule has 1 unspecified atom stereocenters. The zero-order chi connectivity index (χ0) is 15.5. The molecule has 0 aliphatic carbocycles. The van der Waals surface area contributed by atoms with Crippen molar-refractivity contribution in [3.63, 3.8) is 0 Å². The Morgan fingerprint density at radius 3 is 2.76 bits per heavy atom. The van der Waals surface area contributed by atoms with Crippen LogP contribution in [0.2, 0.25) is 0 Å². The molecule has 1 fully saturated rings. The molecule has 1 heterocycles. The number of alkyl halides is 3. The average Bonchev–Trinajstić information content (AvgIpc) is 2.47. The number of hydrogen-bond acceptors (Lipinski definition) is 3. The van der Waals surface area contributed by atoms with Crippen LogP contribution in [-0.4, -0.2) is 19.1 Å². The molecule has 1 aliphatic rings. The molecule has 0 bridgehead atoms. The van der Waals surface area contributed by atoms with Crippen LogP contribution in [0.3, 0.4) is 0 Å².